The van der Waals surface area contributed by atoms with Crippen LogP contribution in [0.4, 0.5) is 0 Å². The van der Waals surface area contributed by atoms with Crippen molar-refractivity contribution in [3.05, 3.63) is 22.4 Å². The third kappa shape index (κ3) is 5.71. The molecule has 0 spiro atoms. The number of rotatable bonds is 6. The first kappa shape index (κ1) is 14.0. The van der Waals surface area contributed by atoms with E-state index in [0.717, 1.165) is 5.75 Å². The summed E-state index contributed by atoms with van der Waals surface area (Å²) in [6, 6.07) is 3.45. The predicted molar refractivity (Wildman–Crippen MR) is 69.0 cm³/mol. The lowest BCUT2D eigenvalue weighted by molar-refractivity contribution is -0.119. The van der Waals surface area contributed by atoms with Crippen LogP contribution >= 0.6 is 23.1 Å². The maximum Gasteiger partial charge on any atom is 0.279 e. The molecule has 0 bridgehead atoms. The average Bonchev–Trinajstić information content (AvgIpc) is 2.85. The summed E-state index contributed by atoms with van der Waals surface area (Å²) >= 11 is 2.73. The second-order valence-electron chi connectivity index (χ2n) is 3.11. The molecule has 0 fully saturated rings. The first-order valence-corrected chi connectivity index (χ1v) is 7.08. The van der Waals surface area contributed by atoms with Crippen LogP contribution in [0.5, 0.6) is 0 Å². The highest BCUT2D eigenvalue weighted by Crippen LogP contribution is 2.07. The Balaban J connectivity index is 2.13. The Hall–Kier alpha value is -1.05. The molecule has 17 heavy (non-hydrogen) atoms. The van der Waals surface area contributed by atoms with Gasteiger partial charge in [0, 0.05) is 6.61 Å². The fourth-order valence-electron chi connectivity index (χ4n) is 0.963. The standard InChI is InChI=1S/C10H14N2O3S2/c13-4-2-5-16-7-9(14)11-12-10(15)8-3-1-6-17-8/h1,3,6,13H,2,4-5,7H2,(H,11,14)(H,12,15). The highest BCUT2D eigenvalue weighted by Gasteiger charge is 2.07. The second-order valence-corrected chi connectivity index (χ2v) is 5.16. The van der Waals surface area contributed by atoms with Gasteiger partial charge in [-0.1, -0.05) is 6.07 Å². The van der Waals surface area contributed by atoms with Gasteiger partial charge in [-0.25, -0.2) is 0 Å². The summed E-state index contributed by atoms with van der Waals surface area (Å²) in [5.74, 6) is 0.430. The summed E-state index contributed by atoms with van der Waals surface area (Å²) < 4.78 is 0. The van der Waals surface area contributed by atoms with E-state index in [0.29, 0.717) is 11.3 Å². The smallest absolute Gasteiger partial charge is 0.279 e. The summed E-state index contributed by atoms with van der Waals surface area (Å²) in [6.07, 6.45) is 0.666. The number of hydrogen-bond donors (Lipinski definition) is 3. The van der Waals surface area contributed by atoms with E-state index >= 15 is 0 Å². The Morgan fingerprint density at radius 3 is 2.88 bits per heavy atom. The van der Waals surface area contributed by atoms with Crippen LogP contribution in [-0.4, -0.2) is 35.0 Å². The lowest BCUT2D eigenvalue weighted by Gasteiger charge is -2.05. The van der Waals surface area contributed by atoms with E-state index in [1.807, 2.05) is 0 Å². The molecule has 1 heterocycles. The minimum absolute atomic E-state index is 0.129. The summed E-state index contributed by atoms with van der Waals surface area (Å²) in [4.78, 5) is 23.3. The highest BCUT2D eigenvalue weighted by atomic mass is 32.2. The molecule has 5 nitrogen and oxygen atoms in total. The van der Waals surface area contributed by atoms with E-state index in [1.165, 1.54) is 23.1 Å². The second kappa shape index (κ2) is 8.10. The maximum atomic E-state index is 11.4. The van der Waals surface area contributed by atoms with Gasteiger partial charge in [-0.05, 0) is 23.6 Å². The quantitative estimate of drug-likeness (QED) is 0.525. The van der Waals surface area contributed by atoms with E-state index in [2.05, 4.69) is 10.9 Å². The van der Waals surface area contributed by atoms with Crippen LogP contribution in [0.25, 0.3) is 0 Å². The molecule has 1 aromatic rings. The number of hydrazine groups is 1. The third-order valence-corrected chi connectivity index (χ3v) is 3.65. The zero-order valence-corrected chi connectivity index (χ0v) is 10.8. The van der Waals surface area contributed by atoms with Crippen molar-refractivity contribution in [3.63, 3.8) is 0 Å². The number of carbonyl (C=O) groups is 2. The zero-order valence-electron chi connectivity index (χ0n) is 9.14. The third-order valence-electron chi connectivity index (χ3n) is 1.74. The number of carbonyl (C=O) groups excluding carboxylic acids is 2. The number of thioether (sulfide) groups is 1. The monoisotopic (exact) mass is 274 g/mol. The molecule has 1 aromatic heterocycles. The van der Waals surface area contributed by atoms with Gasteiger partial charge in [0.15, 0.2) is 0 Å². The maximum absolute atomic E-state index is 11.4. The van der Waals surface area contributed by atoms with Crippen molar-refractivity contribution >= 4 is 34.9 Å². The summed E-state index contributed by atoms with van der Waals surface area (Å²) in [5.41, 5.74) is 4.67. The van der Waals surface area contributed by atoms with Crippen LogP contribution in [-0.2, 0) is 4.79 Å². The predicted octanol–water partition coefficient (Wildman–Crippen LogP) is 0.625. The van der Waals surface area contributed by atoms with Crippen LogP contribution in [0.3, 0.4) is 0 Å². The van der Waals surface area contributed by atoms with E-state index < -0.39 is 0 Å². The van der Waals surface area contributed by atoms with E-state index in [9.17, 15) is 9.59 Å². The minimum atomic E-state index is -0.311. The van der Waals surface area contributed by atoms with E-state index in [-0.39, 0.29) is 24.2 Å². The van der Waals surface area contributed by atoms with Crippen molar-refractivity contribution in [3.8, 4) is 0 Å². The van der Waals surface area contributed by atoms with Gasteiger partial charge in [-0.15, -0.1) is 11.3 Å². The lowest BCUT2D eigenvalue weighted by atomic mass is 10.4. The van der Waals surface area contributed by atoms with Crippen LogP contribution in [0.15, 0.2) is 17.5 Å². The van der Waals surface area contributed by atoms with Gasteiger partial charge in [0.2, 0.25) is 5.91 Å². The Labute approximate surface area is 108 Å². The zero-order chi connectivity index (χ0) is 12.5. The fraction of sp³-hybridized carbons (Fsp3) is 0.400. The van der Waals surface area contributed by atoms with Gasteiger partial charge in [-0.2, -0.15) is 11.8 Å². The van der Waals surface area contributed by atoms with Crippen molar-refractivity contribution in [1.82, 2.24) is 10.9 Å². The van der Waals surface area contributed by atoms with Crippen LogP contribution in [0, 0.1) is 0 Å². The summed E-state index contributed by atoms with van der Waals surface area (Å²) in [7, 11) is 0. The molecule has 0 aromatic carbocycles. The molecule has 0 saturated heterocycles. The number of hydrogen-bond acceptors (Lipinski definition) is 5. The number of thiophene rings is 1. The molecule has 0 aliphatic heterocycles. The topological polar surface area (TPSA) is 78.4 Å². The average molecular weight is 274 g/mol. The summed E-state index contributed by atoms with van der Waals surface area (Å²) in [5, 5.41) is 10.3. The highest BCUT2D eigenvalue weighted by molar-refractivity contribution is 7.99. The first-order valence-electron chi connectivity index (χ1n) is 5.05. The molecule has 1 rings (SSSR count). The molecule has 94 valence electrons. The number of amides is 2. The van der Waals surface area contributed by atoms with Crippen molar-refractivity contribution in [1.29, 1.82) is 0 Å². The number of nitrogens with one attached hydrogen (secondary N) is 2. The van der Waals surface area contributed by atoms with Crippen LogP contribution in [0.1, 0.15) is 16.1 Å². The van der Waals surface area contributed by atoms with Crippen molar-refractivity contribution < 1.29 is 14.7 Å². The molecule has 0 saturated carbocycles. The molecular formula is C10H14N2O3S2. The molecule has 7 heteroatoms. The van der Waals surface area contributed by atoms with Crippen molar-refractivity contribution in [2.45, 2.75) is 6.42 Å². The van der Waals surface area contributed by atoms with Gasteiger partial charge in [0.1, 0.15) is 0 Å². The molecule has 0 atom stereocenters. The Kier molecular flexibility index (Phi) is 6.68. The van der Waals surface area contributed by atoms with Crippen molar-refractivity contribution in [2.75, 3.05) is 18.1 Å². The molecule has 0 aliphatic carbocycles. The van der Waals surface area contributed by atoms with Crippen LogP contribution < -0.4 is 10.9 Å². The molecular weight excluding hydrogens is 260 g/mol. The number of aliphatic hydroxyl groups is 1. The molecule has 0 aliphatic rings. The van der Waals surface area contributed by atoms with Gasteiger partial charge < -0.3 is 5.11 Å². The van der Waals surface area contributed by atoms with Crippen LogP contribution in [0.2, 0.25) is 0 Å². The first-order chi connectivity index (χ1) is 8.24. The van der Waals surface area contributed by atoms with Gasteiger partial charge in [0.25, 0.3) is 5.91 Å². The summed E-state index contributed by atoms with van der Waals surface area (Å²) in [6.45, 7) is 0.129. The largest absolute Gasteiger partial charge is 0.396 e. The van der Waals surface area contributed by atoms with Gasteiger partial charge in [0.05, 0.1) is 10.6 Å². The molecule has 0 radical (unpaired) electrons. The fourth-order valence-corrected chi connectivity index (χ4v) is 2.32. The Bertz CT molecular complexity index is 354. The normalized spacial score (nSPS) is 9.94. The number of aliphatic hydroxyl groups excluding tert-OH is 1. The Morgan fingerprint density at radius 1 is 1.41 bits per heavy atom. The van der Waals surface area contributed by atoms with E-state index in [1.54, 1.807) is 17.5 Å². The lowest BCUT2D eigenvalue weighted by Crippen LogP contribution is -2.42. The van der Waals surface area contributed by atoms with E-state index in [4.69, 9.17) is 5.11 Å². The SMILES string of the molecule is O=C(CSCCCO)NNC(=O)c1cccs1. The van der Waals surface area contributed by atoms with Gasteiger partial charge in [-0.3, -0.25) is 20.4 Å². The molecule has 2 amide bonds. The Morgan fingerprint density at radius 2 is 2.24 bits per heavy atom. The van der Waals surface area contributed by atoms with Crippen molar-refractivity contribution in [2.24, 2.45) is 0 Å². The minimum Gasteiger partial charge on any atom is -0.396 e. The van der Waals surface area contributed by atoms with Gasteiger partial charge >= 0.3 is 0 Å². The molecule has 3 N–H and O–H groups in total. The molecule has 0 unspecified atom stereocenters.